The number of nitrogens with one attached hydrogen (secondary N) is 1. The number of imidazole rings is 1. The van der Waals surface area contributed by atoms with Gasteiger partial charge in [0.15, 0.2) is 0 Å². The number of aromatic nitrogens is 2. The van der Waals surface area contributed by atoms with Gasteiger partial charge in [0.2, 0.25) is 5.91 Å². The van der Waals surface area contributed by atoms with Crippen LogP contribution in [0.5, 0.6) is 5.75 Å². The molecule has 1 aromatic heterocycles. The second-order valence-corrected chi connectivity index (χ2v) is 4.14. The molecule has 1 heterocycles. The minimum absolute atomic E-state index is 0.207. The maximum Gasteiger partial charge on any atom is 0.339 e. The van der Waals surface area contributed by atoms with Gasteiger partial charge in [0.05, 0.1) is 6.33 Å². The van der Waals surface area contributed by atoms with Crippen LogP contribution in [0.2, 0.25) is 0 Å². The van der Waals surface area contributed by atoms with Gasteiger partial charge in [-0.2, -0.15) is 0 Å². The highest BCUT2D eigenvalue weighted by Gasteiger charge is 2.10. The third kappa shape index (κ3) is 3.35. The Kier molecular flexibility index (Phi) is 3.99. The van der Waals surface area contributed by atoms with Gasteiger partial charge in [-0.1, -0.05) is 0 Å². The summed E-state index contributed by atoms with van der Waals surface area (Å²) >= 11 is 0. The summed E-state index contributed by atoms with van der Waals surface area (Å²) in [7, 11) is 0. The summed E-state index contributed by atoms with van der Waals surface area (Å²) in [5, 5.41) is 20.9. The van der Waals surface area contributed by atoms with Crippen molar-refractivity contribution in [3.05, 3.63) is 42.5 Å². The van der Waals surface area contributed by atoms with Crippen LogP contribution in [0.1, 0.15) is 16.8 Å². The molecule has 0 fully saturated rings. The highest BCUT2D eigenvalue weighted by Crippen LogP contribution is 2.22. The third-order valence-corrected chi connectivity index (χ3v) is 2.67. The van der Waals surface area contributed by atoms with Gasteiger partial charge in [-0.15, -0.1) is 0 Å². The number of anilines is 1. The Balaban J connectivity index is 1.94. The number of carboxylic acid groups (broad SMARTS) is 1. The highest BCUT2D eigenvalue weighted by atomic mass is 16.4. The quantitative estimate of drug-likeness (QED) is 0.763. The first kappa shape index (κ1) is 13.6. The summed E-state index contributed by atoms with van der Waals surface area (Å²) in [4.78, 5) is 26.3. The predicted molar refractivity (Wildman–Crippen MR) is 70.5 cm³/mol. The lowest BCUT2D eigenvalue weighted by Gasteiger charge is -2.07. The largest absolute Gasteiger partial charge is 0.507 e. The number of nitrogens with zero attached hydrogens (tertiary/aromatic N) is 2. The summed E-state index contributed by atoms with van der Waals surface area (Å²) < 4.78 is 1.77. The van der Waals surface area contributed by atoms with Gasteiger partial charge >= 0.3 is 5.97 Å². The van der Waals surface area contributed by atoms with E-state index in [0.29, 0.717) is 12.2 Å². The van der Waals surface area contributed by atoms with Gasteiger partial charge in [0, 0.05) is 37.1 Å². The van der Waals surface area contributed by atoms with Crippen molar-refractivity contribution >= 4 is 17.6 Å². The second kappa shape index (κ2) is 5.87. The number of hydrogen-bond donors (Lipinski definition) is 3. The first-order valence-electron chi connectivity index (χ1n) is 5.88. The summed E-state index contributed by atoms with van der Waals surface area (Å²) in [6.45, 7) is 0.491. The predicted octanol–water partition coefficient (Wildman–Crippen LogP) is 1.32. The zero-order chi connectivity index (χ0) is 14.5. The fraction of sp³-hybridized carbons (Fsp3) is 0.154. The number of amides is 1. The number of aromatic carboxylic acids is 1. The van der Waals surface area contributed by atoms with Crippen LogP contribution < -0.4 is 5.32 Å². The van der Waals surface area contributed by atoms with Crippen molar-refractivity contribution in [1.29, 1.82) is 0 Å². The van der Waals surface area contributed by atoms with E-state index in [1.54, 1.807) is 23.3 Å². The van der Waals surface area contributed by atoms with Crippen molar-refractivity contribution in [3.63, 3.8) is 0 Å². The molecule has 7 nitrogen and oxygen atoms in total. The Morgan fingerprint density at radius 2 is 2.15 bits per heavy atom. The Hall–Kier alpha value is -2.83. The van der Waals surface area contributed by atoms with Gasteiger partial charge < -0.3 is 20.1 Å². The van der Waals surface area contributed by atoms with Crippen molar-refractivity contribution in [1.82, 2.24) is 9.55 Å². The maximum absolute atomic E-state index is 11.7. The van der Waals surface area contributed by atoms with Gasteiger partial charge in [-0.3, -0.25) is 4.79 Å². The zero-order valence-electron chi connectivity index (χ0n) is 10.5. The van der Waals surface area contributed by atoms with Crippen molar-refractivity contribution in [3.8, 4) is 5.75 Å². The topological polar surface area (TPSA) is 104 Å². The first-order valence-corrected chi connectivity index (χ1v) is 5.88. The summed E-state index contributed by atoms with van der Waals surface area (Å²) in [5.41, 5.74) is 0.143. The van der Waals surface area contributed by atoms with Crippen LogP contribution in [-0.4, -0.2) is 31.6 Å². The molecule has 20 heavy (non-hydrogen) atoms. The molecular weight excluding hydrogens is 262 g/mol. The fourth-order valence-corrected chi connectivity index (χ4v) is 1.66. The zero-order valence-corrected chi connectivity index (χ0v) is 10.5. The number of aryl methyl sites for hydroxylation is 1. The smallest absolute Gasteiger partial charge is 0.339 e. The molecule has 0 saturated heterocycles. The average Bonchev–Trinajstić information content (AvgIpc) is 2.89. The van der Waals surface area contributed by atoms with Gasteiger partial charge in [0.25, 0.3) is 0 Å². The fourth-order valence-electron chi connectivity index (χ4n) is 1.66. The SMILES string of the molecule is O=C(CCn1ccnc1)Nc1ccc(C(=O)O)c(O)c1. The molecular formula is C13H13N3O4. The molecule has 0 aliphatic rings. The average molecular weight is 275 g/mol. The molecule has 3 N–H and O–H groups in total. The summed E-state index contributed by atoms with van der Waals surface area (Å²) in [6, 6.07) is 3.88. The number of benzene rings is 1. The van der Waals surface area contributed by atoms with Crippen LogP contribution in [-0.2, 0) is 11.3 Å². The van der Waals surface area contributed by atoms with Crippen molar-refractivity contribution in [2.75, 3.05) is 5.32 Å². The van der Waals surface area contributed by atoms with Crippen LogP contribution in [0.3, 0.4) is 0 Å². The molecule has 1 aromatic carbocycles. The minimum Gasteiger partial charge on any atom is -0.507 e. The molecule has 0 aliphatic carbocycles. The number of hydrogen-bond acceptors (Lipinski definition) is 4. The number of rotatable bonds is 5. The molecule has 0 spiro atoms. The summed E-state index contributed by atoms with van der Waals surface area (Å²) in [6.07, 6.45) is 5.24. The summed E-state index contributed by atoms with van der Waals surface area (Å²) in [5.74, 6) is -1.84. The Morgan fingerprint density at radius 1 is 1.35 bits per heavy atom. The van der Waals surface area contributed by atoms with Crippen LogP contribution in [0.15, 0.2) is 36.9 Å². The van der Waals surface area contributed by atoms with Crippen molar-refractivity contribution < 1.29 is 19.8 Å². The molecule has 0 bridgehead atoms. The molecule has 104 valence electrons. The molecule has 1 amide bonds. The Labute approximate surface area is 114 Å². The van der Waals surface area contributed by atoms with Crippen LogP contribution in [0.25, 0.3) is 0 Å². The molecule has 0 radical (unpaired) electrons. The standard InChI is InChI=1S/C13H13N3O4/c17-11-7-9(1-2-10(11)13(19)20)15-12(18)3-5-16-6-4-14-8-16/h1-2,4,6-8,17H,3,5H2,(H,15,18)(H,19,20). The van der Waals surface area contributed by atoms with Crippen molar-refractivity contribution in [2.45, 2.75) is 13.0 Å². The molecule has 0 aliphatic heterocycles. The van der Waals surface area contributed by atoms with Gasteiger partial charge in [-0.05, 0) is 12.1 Å². The van der Waals surface area contributed by atoms with E-state index >= 15 is 0 Å². The second-order valence-electron chi connectivity index (χ2n) is 4.14. The third-order valence-electron chi connectivity index (χ3n) is 2.67. The number of phenols is 1. The van der Waals surface area contributed by atoms with Crippen molar-refractivity contribution in [2.24, 2.45) is 0 Å². The number of carbonyl (C=O) groups is 2. The monoisotopic (exact) mass is 275 g/mol. The van der Waals surface area contributed by atoms with E-state index in [4.69, 9.17) is 5.11 Å². The molecule has 0 saturated carbocycles. The normalized spacial score (nSPS) is 10.2. The van der Waals surface area contributed by atoms with E-state index in [2.05, 4.69) is 10.3 Å². The first-order chi connectivity index (χ1) is 9.56. The van der Waals surface area contributed by atoms with E-state index in [9.17, 15) is 14.7 Å². The lowest BCUT2D eigenvalue weighted by atomic mass is 10.2. The van der Waals surface area contributed by atoms with Gasteiger partial charge in [-0.25, -0.2) is 9.78 Å². The number of carbonyl (C=O) groups excluding carboxylic acids is 1. The van der Waals surface area contributed by atoms with Crippen LogP contribution in [0.4, 0.5) is 5.69 Å². The lowest BCUT2D eigenvalue weighted by Crippen LogP contribution is -2.14. The van der Waals surface area contributed by atoms with E-state index in [-0.39, 0.29) is 23.6 Å². The van der Waals surface area contributed by atoms with Gasteiger partial charge in [0.1, 0.15) is 11.3 Å². The van der Waals surface area contributed by atoms with E-state index in [1.807, 2.05) is 0 Å². The molecule has 7 heteroatoms. The minimum atomic E-state index is -1.22. The van der Waals surface area contributed by atoms with Crippen LogP contribution in [0, 0.1) is 0 Å². The molecule has 0 unspecified atom stereocenters. The molecule has 0 atom stereocenters. The van der Waals surface area contributed by atoms with E-state index in [0.717, 1.165) is 0 Å². The highest BCUT2D eigenvalue weighted by molar-refractivity contribution is 5.94. The molecule has 2 rings (SSSR count). The number of carboxylic acids is 1. The Morgan fingerprint density at radius 3 is 2.75 bits per heavy atom. The van der Waals surface area contributed by atoms with E-state index < -0.39 is 5.97 Å². The number of aromatic hydroxyl groups is 1. The van der Waals surface area contributed by atoms with Crippen LogP contribution >= 0.6 is 0 Å². The Bertz CT molecular complexity index is 623. The van der Waals surface area contributed by atoms with E-state index in [1.165, 1.54) is 18.2 Å². The lowest BCUT2D eigenvalue weighted by molar-refractivity contribution is -0.116. The molecule has 2 aromatic rings. The maximum atomic E-state index is 11.7.